The molecule has 2 aromatic heterocycles. The second kappa shape index (κ2) is 10.6. The Morgan fingerprint density at radius 2 is 1.84 bits per heavy atom. The fourth-order valence-electron chi connectivity index (χ4n) is 4.54. The lowest BCUT2D eigenvalue weighted by molar-refractivity contribution is -0.116. The third kappa shape index (κ3) is 5.07. The van der Waals surface area contributed by atoms with E-state index in [1.807, 2.05) is 88.5 Å². The van der Waals surface area contributed by atoms with Gasteiger partial charge in [-0.15, -0.1) is 0 Å². The van der Waals surface area contributed by atoms with E-state index >= 15 is 0 Å². The van der Waals surface area contributed by atoms with Crippen LogP contribution in [0.1, 0.15) is 33.8 Å². The maximum absolute atomic E-state index is 13.1. The molecule has 5 rings (SSSR count). The van der Waals surface area contributed by atoms with Gasteiger partial charge in [-0.3, -0.25) is 9.78 Å². The van der Waals surface area contributed by atoms with Crippen LogP contribution in [0.5, 0.6) is 0 Å². The minimum atomic E-state index is -0.412. The summed E-state index contributed by atoms with van der Waals surface area (Å²) >= 11 is 5.72. The Bertz CT molecular complexity index is 1420. The van der Waals surface area contributed by atoms with Gasteiger partial charge in [0.1, 0.15) is 6.54 Å². The quantitative estimate of drug-likeness (QED) is 0.283. The van der Waals surface area contributed by atoms with Gasteiger partial charge in [-0.2, -0.15) is 0 Å². The van der Waals surface area contributed by atoms with Crippen LogP contribution in [0.15, 0.2) is 97.3 Å². The van der Waals surface area contributed by atoms with Gasteiger partial charge < -0.3 is 24.8 Å². The molecule has 8 nitrogen and oxygen atoms in total. The van der Waals surface area contributed by atoms with E-state index in [9.17, 15) is 9.59 Å². The fourth-order valence-corrected chi connectivity index (χ4v) is 4.85. The number of benzene rings is 2. The van der Waals surface area contributed by atoms with E-state index in [1.165, 1.54) is 7.11 Å². The predicted octanol–water partition coefficient (Wildman–Crippen LogP) is 4.27. The molecule has 1 aliphatic heterocycles. The average molecular weight is 512 g/mol. The maximum Gasteiger partial charge on any atom is 0.337 e. The zero-order chi connectivity index (χ0) is 25.8. The van der Waals surface area contributed by atoms with Gasteiger partial charge in [0.2, 0.25) is 5.91 Å². The van der Waals surface area contributed by atoms with Gasteiger partial charge in [-0.25, -0.2) is 4.79 Å². The predicted molar refractivity (Wildman–Crippen MR) is 144 cm³/mol. The topological polar surface area (TPSA) is 88.5 Å². The summed E-state index contributed by atoms with van der Waals surface area (Å²) < 4.78 is 6.89. The molecule has 0 spiro atoms. The van der Waals surface area contributed by atoms with Crippen LogP contribution >= 0.6 is 12.2 Å². The Balaban J connectivity index is 1.52. The highest BCUT2D eigenvalue weighted by Gasteiger charge is 2.42. The molecule has 186 valence electrons. The Morgan fingerprint density at radius 1 is 1.03 bits per heavy atom. The van der Waals surface area contributed by atoms with Crippen molar-refractivity contribution in [2.75, 3.05) is 19.0 Å². The zero-order valence-electron chi connectivity index (χ0n) is 20.1. The molecule has 1 aliphatic rings. The molecule has 1 fully saturated rings. The standard InChI is InChI=1S/C28H25N5O3S/c1-36-27(35)19-9-7-12-21(17-19)32-16-8-14-23(32)26-25(22-13-5-6-15-29-22)31-28(37)33(26)18-24(34)30-20-10-3-2-4-11-20/h2-17,25-26H,18H2,1H3,(H,30,34)(H,31,37)/t25-,26-/m1/s1. The number of carbonyl (C=O) groups excluding carboxylic acids is 2. The number of esters is 1. The van der Waals surface area contributed by atoms with E-state index in [4.69, 9.17) is 17.0 Å². The number of nitrogens with one attached hydrogen (secondary N) is 2. The molecule has 0 aliphatic carbocycles. The number of ether oxygens (including phenoxy) is 1. The lowest BCUT2D eigenvalue weighted by atomic mass is 10.0. The van der Waals surface area contributed by atoms with Gasteiger partial charge in [0, 0.05) is 29.5 Å². The molecule has 0 radical (unpaired) electrons. The van der Waals surface area contributed by atoms with Crippen LogP contribution in [0, 0.1) is 0 Å². The van der Waals surface area contributed by atoms with Gasteiger partial charge >= 0.3 is 5.97 Å². The molecular weight excluding hydrogens is 486 g/mol. The molecule has 4 aromatic rings. The largest absolute Gasteiger partial charge is 0.465 e. The first-order valence-electron chi connectivity index (χ1n) is 11.7. The average Bonchev–Trinajstić information content (AvgIpc) is 3.54. The van der Waals surface area contributed by atoms with Crippen molar-refractivity contribution in [1.29, 1.82) is 0 Å². The summed E-state index contributed by atoms with van der Waals surface area (Å²) in [5.74, 6) is -0.599. The Kier molecular flexibility index (Phi) is 6.96. The summed E-state index contributed by atoms with van der Waals surface area (Å²) in [5.41, 5.74) is 3.63. The minimum Gasteiger partial charge on any atom is -0.465 e. The second-order valence-corrected chi connectivity index (χ2v) is 8.90. The molecule has 2 aromatic carbocycles. The fraction of sp³-hybridized carbons (Fsp3) is 0.143. The molecule has 2 atom stereocenters. The van der Waals surface area contributed by atoms with E-state index in [0.717, 1.165) is 17.1 Å². The maximum atomic E-state index is 13.1. The highest BCUT2D eigenvalue weighted by molar-refractivity contribution is 7.80. The van der Waals surface area contributed by atoms with Crippen molar-refractivity contribution in [3.8, 4) is 5.69 Å². The van der Waals surface area contributed by atoms with Crippen molar-refractivity contribution >= 4 is 34.9 Å². The van der Waals surface area contributed by atoms with Crippen LogP contribution in [0.2, 0.25) is 0 Å². The van der Waals surface area contributed by atoms with Crippen molar-refractivity contribution < 1.29 is 14.3 Å². The molecule has 0 bridgehead atoms. The summed E-state index contributed by atoms with van der Waals surface area (Å²) in [4.78, 5) is 31.7. The van der Waals surface area contributed by atoms with Gasteiger partial charge in [-0.1, -0.05) is 30.3 Å². The molecule has 9 heteroatoms. The zero-order valence-corrected chi connectivity index (χ0v) is 20.9. The Labute approximate surface area is 219 Å². The number of nitrogens with zero attached hydrogens (tertiary/aromatic N) is 3. The van der Waals surface area contributed by atoms with Crippen LogP contribution in [0.3, 0.4) is 0 Å². The normalized spacial score (nSPS) is 16.8. The summed E-state index contributed by atoms with van der Waals surface area (Å²) in [6, 6.07) is 25.5. The van der Waals surface area contributed by atoms with Crippen molar-refractivity contribution in [3.05, 3.63) is 114 Å². The first kappa shape index (κ1) is 24.2. The van der Waals surface area contributed by atoms with Gasteiger partial charge in [0.25, 0.3) is 0 Å². The second-order valence-electron chi connectivity index (χ2n) is 8.51. The van der Waals surface area contributed by atoms with Crippen molar-refractivity contribution in [1.82, 2.24) is 19.8 Å². The van der Waals surface area contributed by atoms with E-state index in [2.05, 4.69) is 15.6 Å². The van der Waals surface area contributed by atoms with E-state index in [1.54, 1.807) is 18.3 Å². The molecule has 3 heterocycles. The summed E-state index contributed by atoms with van der Waals surface area (Å²) in [6.45, 7) is 0.0438. The smallest absolute Gasteiger partial charge is 0.337 e. The van der Waals surface area contributed by atoms with Crippen LogP contribution in [-0.2, 0) is 9.53 Å². The third-order valence-electron chi connectivity index (χ3n) is 6.20. The van der Waals surface area contributed by atoms with E-state index in [-0.39, 0.29) is 24.5 Å². The van der Waals surface area contributed by atoms with Gasteiger partial charge in [-0.05, 0) is 66.8 Å². The Morgan fingerprint density at radius 3 is 2.59 bits per heavy atom. The number of carbonyl (C=O) groups is 2. The summed E-state index contributed by atoms with van der Waals surface area (Å²) in [6.07, 6.45) is 3.66. The van der Waals surface area contributed by atoms with Crippen molar-refractivity contribution in [2.45, 2.75) is 12.1 Å². The number of pyridine rings is 1. The third-order valence-corrected chi connectivity index (χ3v) is 6.55. The SMILES string of the molecule is COC(=O)c1cccc(-n2cccc2[C@@H]2[C@@H](c3ccccn3)NC(=S)N2CC(=O)Nc2ccccc2)c1. The van der Waals surface area contributed by atoms with E-state index in [0.29, 0.717) is 16.4 Å². The van der Waals surface area contributed by atoms with E-state index < -0.39 is 5.97 Å². The number of rotatable bonds is 7. The number of thiocarbonyl (C=S) groups is 1. The number of hydrogen-bond donors (Lipinski definition) is 2. The number of anilines is 1. The van der Waals surface area contributed by atoms with Gasteiger partial charge in [0.05, 0.1) is 30.5 Å². The number of hydrogen-bond acceptors (Lipinski definition) is 5. The summed E-state index contributed by atoms with van der Waals surface area (Å²) in [7, 11) is 1.36. The molecule has 1 amide bonds. The summed E-state index contributed by atoms with van der Waals surface area (Å²) in [5, 5.41) is 6.77. The molecule has 0 saturated carbocycles. The van der Waals surface area contributed by atoms with Crippen molar-refractivity contribution in [2.24, 2.45) is 0 Å². The Hall–Kier alpha value is -4.50. The van der Waals surface area contributed by atoms with Gasteiger partial charge in [0.15, 0.2) is 5.11 Å². The number of aromatic nitrogens is 2. The molecule has 0 unspecified atom stereocenters. The van der Waals surface area contributed by atoms with Crippen LogP contribution in [0.25, 0.3) is 5.69 Å². The molecule has 1 saturated heterocycles. The molecule has 37 heavy (non-hydrogen) atoms. The number of para-hydroxylation sites is 1. The minimum absolute atomic E-state index is 0.0438. The lowest BCUT2D eigenvalue weighted by Crippen LogP contribution is -2.37. The first-order valence-corrected chi connectivity index (χ1v) is 12.1. The van der Waals surface area contributed by atoms with Crippen LogP contribution < -0.4 is 10.6 Å². The highest BCUT2D eigenvalue weighted by Crippen LogP contribution is 2.39. The number of amides is 1. The van der Waals surface area contributed by atoms with Crippen molar-refractivity contribution in [3.63, 3.8) is 0 Å². The first-order chi connectivity index (χ1) is 18.0. The van der Waals surface area contributed by atoms with Crippen LogP contribution in [-0.4, -0.2) is 45.1 Å². The van der Waals surface area contributed by atoms with Crippen LogP contribution in [0.4, 0.5) is 5.69 Å². The lowest BCUT2D eigenvalue weighted by Gasteiger charge is -2.28. The molecular formula is C28H25N5O3S. The monoisotopic (exact) mass is 511 g/mol. The molecule has 2 N–H and O–H groups in total. The number of methoxy groups -OCH3 is 1. The highest BCUT2D eigenvalue weighted by atomic mass is 32.1.